The largest absolute Gasteiger partial charge is 0.460 e. The van der Waals surface area contributed by atoms with Gasteiger partial charge in [-0.25, -0.2) is 4.79 Å². The molecule has 2 aromatic carbocycles. The summed E-state index contributed by atoms with van der Waals surface area (Å²) in [6, 6.07) is 5.95. The Hall–Kier alpha value is -3.38. The second-order valence-electron chi connectivity index (χ2n) is 7.45. The predicted molar refractivity (Wildman–Crippen MR) is 118 cm³/mol. The van der Waals surface area contributed by atoms with Crippen molar-refractivity contribution in [1.29, 1.82) is 0 Å². The van der Waals surface area contributed by atoms with Gasteiger partial charge in [0, 0.05) is 11.0 Å². The maximum Gasteiger partial charge on any atom is 0.450 e. The average molecular weight is 593 g/mol. The highest BCUT2D eigenvalue weighted by molar-refractivity contribution is 7.88. The van der Waals surface area contributed by atoms with Crippen LogP contribution in [0.1, 0.15) is 17.3 Å². The third kappa shape index (κ3) is 5.56. The first-order chi connectivity index (χ1) is 17.2. The quantitative estimate of drug-likeness (QED) is 0.1000. The number of hydrogen-bond acceptors (Lipinski definition) is 8. The summed E-state index contributed by atoms with van der Waals surface area (Å²) in [4.78, 5) is 23.9. The lowest BCUT2D eigenvalue weighted by Gasteiger charge is -2.29. The molecular weight excluding hydrogens is 576 g/mol. The van der Waals surface area contributed by atoms with Crippen LogP contribution in [0.15, 0.2) is 48.6 Å². The highest BCUT2D eigenvalue weighted by Gasteiger charge is 2.83. The minimum Gasteiger partial charge on any atom is -0.460 e. The van der Waals surface area contributed by atoms with Gasteiger partial charge in [-0.05, 0) is 24.4 Å². The number of hydrogen-bond donors (Lipinski definition) is 2. The number of nitrogens with one attached hydrogen (secondary N) is 1. The number of halogens is 6. The van der Waals surface area contributed by atoms with Gasteiger partial charge < -0.3 is 14.2 Å². The van der Waals surface area contributed by atoms with Crippen molar-refractivity contribution in [3.05, 3.63) is 54.1 Å². The van der Waals surface area contributed by atoms with Crippen molar-refractivity contribution < 1.29 is 66.2 Å². The van der Waals surface area contributed by atoms with E-state index in [0.29, 0.717) is 6.07 Å². The van der Waals surface area contributed by atoms with Crippen molar-refractivity contribution in [3.63, 3.8) is 0 Å². The van der Waals surface area contributed by atoms with Crippen molar-refractivity contribution in [2.75, 3.05) is 13.2 Å². The van der Waals surface area contributed by atoms with Crippen LogP contribution in [-0.2, 0) is 29.8 Å². The van der Waals surface area contributed by atoms with Crippen LogP contribution in [0.5, 0.6) is 5.75 Å². The number of rotatable bonds is 11. The Labute approximate surface area is 211 Å². The Kier molecular flexibility index (Phi) is 8.45. The summed E-state index contributed by atoms with van der Waals surface area (Å²) in [5.41, 5.74) is -0.121. The van der Waals surface area contributed by atoms with E-state index in [1.54, 1.807) is 0 Å². The highest BCUT2D eigenvalue weighted by atomic mass is 32.2. The molecule has 2 rings (SSSR count). The van der Waals surface area contributed by atoms with Gasteiger partial charge in [0.2, 0.25) is 5.91 Å². The third-order valence-electron chi connectivity index (χ3n) is 4.68. The lowest BCUT2D eigenvalue weighted by atomic mass is 10.0. The van der Waals surface area contributed by atoms with Gasteiger partial charge in [0.1, 0.15) is 6.61 Å². The lowest BCUT2D eigenvalue weighted by molar-refractivity contribution is -0.247. The number of ether oxygens (including phenoxy) is 1. The molecule has 0 spiro atoms. The van der Waals surface area contributed by atoms with Gasteiger partial charge in [0.05, 0.1) is 12.1 Å². The van der Waals surface area contributed by atoms with Crippen LogP contribution in [-0.4, -0.2) is 62.8 Å². The molecule has 0 aliphatic carbocycles. The van der Waals surface area contributed by atoms with E-state index in [9.17, 15) is 52.8 Å². The Morgan fingerprint density at radius 3 is 2.03 bits per heavy atom. The van der Waals surface area contributed by atoms with E-state index in [1.165, 1.54) is 19.1 Å². The van der Waals surface area contributed by atoms with Crippen LogP contribution >= 0.6 is 0 Å². The maximum absolute atomic E-state index is 14.2. The number of esters is 1. The Morgan fingerprint density at radius 2 is 1.50 bits per heavy atom. The van der Waals surface area contributed by atoms with Gasteiger partial charge in [-0.2, -0.15) is 43.2 Å². The van der Waals surface area contributed by atoms with Gasteiger partial charge in [-0.1, -0.05) is 30.8 Å². The minimum atomic E-state index is -7.21. The second-order valence-corrected chi connectivity index (χ2v) is 10.5. The van der Waals surface area contributed by atoms with E-state index < -0.39 is 59.7 Å². The average Bonchev–Trinajstić information content (AvgIpc) is 2.80. The molecule has 0 aliphatic rings. The predicted octanol–water partition coefficient (Wildman–Crippen LogP) is 3.11. The van der Waals surface area contributed by atoms with E-state index in [0.717, 1.165) is 18.2 Å². The topological polar surface area (TPSA) is 153 Å². The zero-order valence-corrected chi connectivity index (χ0v) is 20.5. The fourth-order valence-corrected chi connectivity index (χ4v) is 4.16. The number of alkyl halides is 6. The molecule has 0 radical (unpaired) electrons. The summed E-state index contributed by atoms with van der Waals surface area (Å²) >= 11 is 0. The minimum absolute atomic E-state index is 0.133. The molecule has 2 aromatic rings. The second kappa shape index (κ2) is 10.4. The van der Waals surface area contributed by atoms with E-state index >= 15 is 0 Å². The lowest BCUT2D eigenvalue weighted by Crippen LogP contribution is -2.61. The molecule has 0 atom stereocenters. The number of carbonyl (C=O) groups is 2. The molecule has 2 N–H and O–H groups in total. The number of fused-ring (bicyclic) bond motifs is 1. The number of benzene rings is 2. The molecule has 0 unspecified atom stereocenters. The van der Waals surface area contributed by atoms with E-state index in [-0.39, 0.29) is 29.7 Å². The van der Waals surface area contributed by atoms with E-state index in [4.69, 9.17) is 9.29 Å². The fourth-order valence-electron chi connectivity index (χ4n) is 2.72. The summed E-state index contributed by atoms with van der Waals surface area (Å²) in [6.45, 7) is 4.34. The smallest absolute Gasteiger partial charge is 0.450 e. The van der Waals surface area contributed by atoms with E-state index in [1.807, 2.05) is 0 Å². The summed E-state index contributed by atoms with van der Waals surface area (Å²) in [7, 11) is -14.3. The SMILES string of the molecule is C=C(C)C(=O)NCCOC(=O)c1ccc(OS(=O)(=O)C(F)(F)C(F)(F)C(F)(F)S(=O)(=O)O)c2ccccc12. The Morgan fingerprint density at radius 1 is 0.947 bits per heavy atom. The van der Waals surface area contributed by atoms with Gasteiger partial charge >= 0.3 is 42.6 Å². The van der Waals surface area contributed by atoms with Gasteiger partial charge in [0.15, 0.2) is 5.75 Å². The maximum atomic E-state index is 14.2. The molecule has 1 amide bonds. The summed E-state index contributed by atoms with van der Waals surface area (Å²) in [6.07, 6.45) is 0. The van der Waals surface area contributed by atoms with Crippen LogP contribution in [0.25, 0.3) is 10.8 Å². The molecule has 0 fully saturated rings. The zero-order valence-electron chi connectivity index (χ0n) is 18.9. The van der Waals surface area contributed by atoms with Crippen LogP contribution < -0.4 is 9.50 Å². The Balaban J connectivity index is 2.41. The van der Waals surface area contributed by atoms with E-state index in [2.05, 4.69) is 16.1 Å². The first-order valence-corrected chi connectivity index (χ1v) is 12.7. The molecule has 18 heteroatoms. The molecular formula is C20H17F6NO9S2. The first kappa shape index (κ1) is 30.8. The third-order valence-corrected chi connectivity index (χ3v) is 6.87. The molecule has 38 heavy (non-hydrogen) atoms. The fraction of sp³-hybridized carbons (Fsp3) is 0.300. The van der Waals surface area contributed by atoms with Crippen LogP contribution in [0.2, 0.25) is 0 Å². The summed E-state index contributed by atoms with van der Waals surface area (Å²) < 4.78 is 145. The monoisotopic (exact) mass is 593 g/mol. The zero-order chi connectivity index (χ0) is 29.3. The van der Waals surface area contributed by atoms with Crippen molar-refractivity contribution in [3.8, 4) is 5.75 Å². The van der Waals surface area contributed by atoms with Gasteiger partial charge in [0.25, 0.3) is 0 Å². The van der Waals surface area contributed by atoms with Crippen LogP contribution in [0.3, 0.4) is 0 Å². The Bertz CT molecular complexity index is 1490. The molecule has 0 bridgehead atoms. The van der Waals surface area contributed by atoms with Gasteiger partial charge in [-0.3, -0.25) is 9.35 Å². The normalized spacial score (nSPS) is 13.2. The molecule has 0 saturated heterocycles. The molecule has 0 aliphatic heterocycles. The molecule has 10 nitrogen and oxygen atoms in total. The molecule has 210 valence electrons. The van der Waals surface area contributed by atoms with Crippen molar-refractivity contribution in [2.45, 2.75) is 23.4 Å². The van der Waals surface area contributed by atoms with Crippen molar-refractivity contribution in [2.24, 2.45) is 0 Å². The summed E-state index contributed by atoms with van der Waals surface area (Å²) in [5.74, 6) is -9.89. The number of amides is 1. The standard InChI is InChI=1S/C20H17F6NO9S2/c1-11(2)16(28)27-9-10-35-17(29)14-7-8-15(13-6-4-3-5-12(13)14)36-38(33,34)20(25,26)18(21,22)19(23,24)37(30,31)32/h3-8H,1,9-10H2,2H3,(H,27,28)(H,30,31,32). The van der Waals surface area contributed by atoms with Gasteiger partial charge in [-0.15, -0.1) is 0 Å². The summed E-state index contributed by atoms with van der Waals surface area (Å²) in [5, 5.41) is -12.1. The van der Waals surface area contributed by atoms with Crippen LogP contribution in [0, 0.1) is 0 Å². The molecule has 0 saturated carbocycles. The molecule has 0 aromatic heterocycles. The van der Waals surface area contributed by atoms with Crippen LogP contribution in [0.4, 0.5) is 26.3 Å². The molecule has 0 heterocycles. The highest BCUT2D eigenvalue weighted by Crippen LogP contribution is 2.51. The number of carbonyl (C=O) groups excluding carboxylic acids is 2. The van der Waals surface area contributed by atoms with Crippen molar-refractivity contribution in [1.82, 2.24) is 5.32 Å². The van der Waals surface area contributed by atoms with Crippen molar-refractivity contribution >= 4 is 42.9 Å². The first-order valence-electron chi connectivity index (χ1n) is 9.86.